The van der Waals surface area contributed by atoms with E-state index in [2.05, 4.69) is 5.32 Å². The second-order valence-electron chi connectivity index (χ2n) is 5.58. The number of carbonyl (C=O) groups excluding carboxylic acids is 1. The van der Waals surface area contributed by atoms with Crippen LogP contribution in [0.2, 0.25) is 5.02 Å². The van der Waals surface area contributed by atoms with Crippen molar-refractivity contribution in [1.29, 1.82) is 0 Å². The lowest BCUT2D eigenvalue weighted by molar-refractivity contribution is -0.123. The highest BCUT2D eigenvalue weighted by Crippen LogP contribution is 2.30. The molecule has 3 rings (SSSR count). The van der Waals surface area contributed by atoms with Crippen molar-refractivity contribution in [2.75, 3.05) is 6.61 Å². The molecule has 0 fully saturated rings. The number of benzene rings is 2. The average molecular weight is 358 g/mol. The van der Waals surface area contributed by atoms with Crippen LogP contribution in [0.4, 0.5) is 0 Å². The van der Waals surface area contributed by atoms with E-state index in [9.17, 15) is 9.59 Å². The molecule has 1 N–H and O–H groups in total. The normalized spacial score (nSPS) is 10.6. The van der Waals surface area contributed by atoms with E-state index in [0.717, 1.165) is 16.5 Å². The Balaban J connectivity index is 1.67. The molecule has 0 bridgehead atoms. The third-order valence-electron chi connectivity index (χ3n) is 3.70. The number of hydrogen-bond acceptors (Lipinski definition) is 4. The molecule has 0 radical (unpaired) electrons. The Kier molecular flexibility index (Phi) is 5.05. The van der Waals surface area contributed by atoms with Crippen LogP contribution >= 0.6 is 11.6 Å². The summed E-state index contributed by atoms with van der Waals surface area (Å²) in [5.74, 6) is 0.0171. The number of ether oxygens (including phenoxy) is 1. The van der Waals surface area contributed by atoms with Crippen molar-refractivity contribution in [3.8, 4) is 5.75 Å². The molecule has 0 aliphatic carbocycles. The Morgan fingerprint density at radius 2 is 1.96 bits per heavy atom. The first-order chi connectivity index (χ1) is 12.0. The van der Waals surface area contributed by atoms with Gasteiger partial charge in [-0.1, -0.05) is 41.9 Å². The third kappa shape index (κ3) is 4.19. The molecule has 0 saturated carbocycles. The summed E-state index contributed by atoms with van der Waals surface area (Å²) >= 11 is 6.19. The largest absolute Gasteiger partial charge is 0.482 e. The third-order valence-corrected chi connectivity index (χ3v) is 3.99. The predicted octanol–water partition coefficient (Wildman–Crippen LogP) is 3.45. The second-order valence-corrected chi connectivity index (χ2v) is 5.99. The van der Waals surface area contributed by atoms with Crippen molar-refractivity contribution in [1.82, 2.24) is 5.32 Å². The number of amides is 1. The fraction of sp³-hybridized carbons (Fsp3) is 0.158. The number of rotatable bonds is 5. The first-order valence-corrected chi connectivity index (χ1v) is 8.08. The zero-order chi connectivity index (χ0) is 17.8. The molecule has 5 nitrogen and oxygen atoms in total. The molecule has 0 aliphatic rings. The number of fused-ring (bicyclic) bond motifs is 1. The van der Waals surface area contributed by atoms with Gasteiger partial charge in [0.25, 0.3) is 5.91 Å². The molecule has 2 aromatic carbocycles. The second kappa shape index (κ2) is 7.40. The molecule has 3 aromatic rings. The van der Waals surface area contributed by atoms with Crippen molar-refractivity contribution in [2.45, 2.75) is 13.5 Å². The molecule has 6 heteroatoms. The van der Waals surface area contributed by atoms with Crippen molar-refractivity contribution >= 4 is 28.5 Å². The Hall–Kier alpha value is -2.79. The minimum absolute atomic E-state index is 0.186. The molecule has 25 heavy (non-hydrogen) atoms. The lowest BCUT2D eigenvalue weighted by Crippen LogP contribution is -2.28. The Labute approximate surface area is 149 Å². The molecule has 128 valence electrons. The van der Waals surface area contributed by atoms with Crippen LogP contribution < -0.4 is 15.7 Å². The predicted molar refractivity (Wildman–Crippen MR) is 96.0 cm³/mol. The van der Waals surface area contributed by atoms with Gasteiger partial charge in [0.15, 0.2) is 6.61 Å². The van der Waals surface area contributed by atoms with Gasteiger partial charge in [-0.2, -0.15) is 0 Å². The van der Waals surface area contributed by atoms with Crippen molar-refractivity contribution < 1.29 is 13.9 Å². The average Bonchev–Trinajstić information content (AvgIpc) is 2.60. The van der Waals surface area contributed by atoms with Crippen molar-refractivity contribution in [3.63, 3.8) is 0 Å². The molecule has 1 heterocycles. The van der Waals surface area contributed by atoms with Crippen LogP contribution in [0.15, 0.2) is 57.7 Å². The van der Waals surface area contributed by atoms with E-state index in [4.69, 9.17) is 20.8 Å². The van der Waals surface area contributed by atoms with Gasteiger partial charge in [0, 0.05) is 24.1 Å². The summed E-state index contributed by atoms with van der Waals surface area (Å²) in [5.41, 5.74) is 1.69. The lowest BCUT2D eigenvalue weighted by atomic mass is 10.1. The van der Waals surface area contributed by atoms with Crippen LogP contribution in [0.1, 0.15) is 11.1 Å². The van der Waals surface area contributed by atoms with Gasteiger partial charge in [0.05, 0.1) is 5.02 Å². The number of nitrogens with one attached hydrogen (secondary N) is 1. The molecular weight excluding hydrogens is 342 g/mol. The molecule has 1 aromatic heterocycles. The summed E-state index contributed by atoms with van der Waals surface area (Å²) in [6.07, 6.45) is 0. The van der Waals surface area contributed by atoms with Gasteiger partial charge in [0.2, 0.25) is 0 Å². The fourth-order valence-corrected chi connectivity index (χ4v) is 2.64. The monoisotopic (exact) mass is 357 g/mol. The van der Waals surface area contributed by atoms with Gasteiger partial charge in [0.1, 0.15) is 11.3 Å². The highest BCUT2D eigenvalue weighted by molar-refractivity contribution is 6.32. The SMILES string of the molecule is Cc1cc(=O)oc2cc(OCC(=O)NCc3ccccc3)c(Cl)cc12. The molecule has 0 saturated heterocycles. The highest BCUT2D eigenvalue weighted by Gasteiger charge is 2.11. The highest BCUT2D eigenvalue weighted by atomic mass is 35.5. The minimum Gasteiger partial charge on any atom is -0.482 e. The zero-order valence-corrected chi connectivity index (χ0v) is 14.3. The summed E-state index contributed by atoms with van der Waals surface area (Å²) < 4.78 is 10.6. The number of hydrogen-bond donors (Lipinski definition) is 1. The molecule has 0 unspecified atom stereocenters. The number of carbonyl (C=O) groups is 1. The number of aryl methyl sites for hydroxylation is 1. The van der Waals surface area contributed by atoms with E-state index < -0.39 is 5.63 Å². The van der Waals surface area contributed by atoms with Gasteiger partial charge in [-0.3, -0.25) is 4.79 Å². The molecule has 0 aliphatic heterocycles. The maximum Gasteiger partial charge on any atom is 0.336 e. The fourth-order valence-electron chi connectivity index (χ4n) is 2.42. The van der Waals surface area contributed by atoms with Crippen LogP contribution in [-0.4, -0.2) is 12.5 Å². The smallest absolute Gasteiger partial charge is 0.336 e. The van der Waals surface area contributed by atoms with E-state index in [1.807, 2.05) is 30.3 Å². The van der Waals surface area contributed by atoms with Gasteiger partial charge >= 0.3 is 5.63 Å². The Bertz CT molecular complexity index is 966. The van der Waals surface area contributed by atoms with E-state index >= 15 is 0 Å². The van der Waals surface area contributed by atoms with Crippen LogP contribution in [0.3, 0.4) is 0 Å². The molecular formula is C19H16ClNO4. The van der Waals surface area contributed by atoms with Crippen molar-refractivity contribution in [3.05, 3.63) is 75.1 Å². The summed E-state index contributed by atoms with van der Waals surface area (Å²) in [6, 6.07) is 14.2. The molecule has 1 amide bonds. The minimum atomic E-state index is -0.445. The summed E-state index contributed by atoms with van der Waals surface area (Å²) in [6.45, 7) is 2.03. The van der Waals surface area contributed by atoms with Gasteiger partial charge in [-0.15, -0.1) is 0 Å². The Morgan fingerprint density at radius 3 is 2.72 bits per heavy atom. The first kappa shape index (κ1) is 17.0. The van der Waals surface area contributed by atoms with E-state index in [-0.39, 0.29) is 18.3 Å². The lowest BCUT2D eigenvalue weighted by Gasteiger charge is -2.10. The maximum atomic E-state index is 11.9. The topological polar surface area (TPSA) is 68.5 Å². The van der Waals surface area contributed by atoms with Crippen LogP contribution in [-0.2, 0) is 11.3 Å². The van der Waals surface area contributed by atoms with E-state index in [1.165, 1.54) is 12.1 Å². The summed E-state index contributed by atoms with van der Waals surface area (Å²) in [5, 5.41) is 3.84. The van der Waals surface area contributed by atoms with Crippen LogP contribution in [0.5, 0.6) is 5.75 Å². The van der Waals surface area contributed by atoms with Crippen LogP contribution in [0.25, 0.3) is 11.0 Å². The molecule has 0 spiro atoms. The van der Waals surface area contributed by atoms with E-state index in [1.54, 1.807) is 13.0 Å². The van der Waals surface area contributed by atoms with Gasteiger partial charge in [-0.05, 0) is 24.1 Å². The molecule has 0 atom stereocenters. The zero-order valence-electron chi connectivity index (χ0n) is 13.5. The van der Waals surface area contributed by atoms with E-state index in [0.29, 0.717) is 17.2 Å². The summed E-state index contributed by atoms with van der Waals surface area (Å²) in [7, 11) is 0. The van der Waals surface area contributed by atoms with Crippen molar-refractivity contribution in [2.24, 2.45) is 0 Å². The maximum absolute atomic E-state index is 11.9. The summed E-state index contributed by atoms with van der Waals surface area (Å²) in [4.78, 5) is 23.4. The van der Waals surface area contributed by atoms with Crippen LogP contribution in [0, 0.1) is 6.92 Å². The van der Waals surface area contributed by atoms with Gasteiger partial charge < -0.3 is 14.5 Å². The Morgan fingerprint density at radius 1 is 1.20 bits per heavy atom. The number of halogens is 1. The standard InChI is InChI=1S/C19H16ClNO4/c1-12-7-19(23)25-16-9-17(15(20)8-14(12)16)24-11-18(22)21-10-13-5-3-2-4-6-13/h2-9H,10-11H2,1H3,(H,21,22). The first-order valence-electron chi connectivity index (χ1n) is 7.70. The quantitative estimate of drug-likeness (QED) is 0.710. The van der Waals surface area contributed by atoms with Gasteiger partial charge in [-0.25, -0.2) is 4.79 Å².